The molecule has 1 atom stereocenters. The van der Waals surface area contributed by atoms with Gasteiger partial charge in [0.25, 0.3) is 0 Å². The Bertz CT molecular complexity index is 565. The first kappa shape index (κ1) is 11.5. The molecule has 1 aromatic heterocycles. The second-order valence-electron chi connectivity index (χ2n) is 4.17. The smallest absolute Gasteiger partial charge is 0.150 e. The van der Waals surface area contributed by atoms with Gasteiger partial charge in [0.05, 0.1) is 0 Å². The summed E-state index contributed by atoms with van der Waals surface area (Å²) in [6.45, 7) is 1.90. The van der Waals surface area contributed by atoms with Gasteiger partial charge in [0, 0.05) is 29.1 Å². The van der Waals surface area contributed by atoms with Crippen molar-refractivity contribution < 1.29 is 9.90 Å². The number of aromatic nitrogens is 1. The Hall–Kier alpha value is -1.94. The highest BCUT2D eigenvalue weighted by molar-refractivity contribution is 5.98. The maximum Gasteiger partial charge on any atom is 0.150 e. The van der Waals surface area contributed by atoms with Crippen LogP contribution in [0.1, 0.15) is 23.0 Å². The summed E-state index contributed by atoms with van der Waals surface area (Å²) in [7, 11) is 0. The lowest BCUT2D eigenvalue weighted by atomic mass is 10.1. The molecule has 0 aliphatic rings. The van der Waals surface area contributed by atoms with Gasteiger partial charge in [0.1, 0.15) is 11.3 Å². The number of hydrogen-bond donors (Lipinski definition) is 2. The minimum absolute atomic E-state index is 0.0105. The topological polar surface area (TPSA) is 76.2 Å². The van der Waals surface area contributed by atoms with E-state index in [0.717, 1.165) is 12.0 Å². The SMILES string of the molecule is C[C@@H](N)Cc1ccc2c(C=O)ccc(O)c2n1. The van der Waals surface area contributed by atoms with Crippen molar-refractivity contribution in [2.24, 2.45) is 5.73 Å². The van der Waals surface area contributed by atoms with Crippen LogP contribution in [-0.4, -0.2) is 22.4 Å². The zero-order valence-electron chi connectivity index (χ0n) is 9.55. The van der Waals surface area contributed by atoms with Gasteiger partial charge in [-0.2, -0.15) is 0 Å². The number of aromatic hydroxyl groups is 1. The summed E-state index contributed by atoms with van der Waals surface area (Å²) in [5.41, 5.74) is 7.49. The third kappa shape index (κ3) is 2.26. The Labute approximate surface area is 99.1 Å². The quantitative estimate of drug-likeness (QED) is 0.786. The number of hydrogen-bond acceptors (Lipinski definition) is 4. The average Bonchev–Trinajstić information content (AvgIpc) is 2.29. The number of phenols is 1. The summed E-state index contributed by atoms with van der Waals surface area (Å²) < 4.78 is 0. The van der Waals surface area contributed by atoms with Crippen molar-refractivity contribution >= 4 is 17.2 Å². The number of carbonyl (C=O) groups excluding carboxylic acids is 1. The summed E-state index contributed by atoms with van der Waals surface area (Å²) >= 11 is 0. The fourth-order valence-corrected chi connectivity index (χ4v) is 1.81. The molecule has 3 N–H and O–H groups in total. The number of nitrogens with zero attached hydrogens (tertiary/aromatic N) is 1. The van der Waals surface area contributed by atoms with Crippen LogP contribution in [0.25, 0.3) is 10.9 Å². The van der Waals surface area contributed by atoms with Crippen molar-refractivity contribution in [3.63, 3.8) is 0 Å². The summed E-state index contributed by atoms with van der Waals surface area (Å²) in [6.07, 6.45) is 1.40. The van der Waals surface area contributed by atoms with E-state index < -0.39 is 0 Å². The molecule has 17 heavy (non-hydrogen) atoms. The molecular formula is C13H14N2O2. The average molecular weight is 230 g/mol. The number of pyridine rings is 1. The van der Waals surface area contributed by atoms with Crippen LogP contribution in [0.15, 0.2) is 24.3 Å². The van der Waals surface area contributed by atoms with Crippen LogP contribution in [0.2, 0.25) is 0 Å². The Morgan fingerprint density at radius 1 is 1.41 bits per heavy atom. The first-order valence-electron chi connectivity index (χ1n) is 5.44. The normalized spacial score (nSPS) is 12.6. The number of rotatable bonds is 3. The second-order valence-corrected chi connectivity index (χ2v) is 4.17. The number of nitrogens with two attached hydrogens (primary N) is 1. The highest BCUT2D eigenvalue weighted by Gasteiger charge is 2.08. The van der Waals surface area contributed by atoms with Crippen LogP contribution in [0.3, 0.4) is 0 Å². The number of fused-ring (bicyclic) bond motifs is 1. The monoisotopic (exact) mass is 230 g/mol. The molecule has 0 unspecified atom stereocenters. The van der Waals surface area contributed by atoms with Gasteiger partial charge in [-0.3, -0.25) is 4.79 Å². The Morgan fingerprint density at radius 3 is 2.82 bits per heavy atom. The van der Waals surface area contributed by atoms with Crippen molar-refractivity contribution in [1.82, 2.24) is 4.98 Å². The van der Waals surface area contributed by atoms with E-state index in [-0.39, 0.29) is 11.8 Å². The van der Waals surface area contributed by atoms with Crippen molar-refractivity contribution in [2.45, 2.75) is 19.4 Å². The number of carbonyl (C=O) groups is 1. The summed E-state index contributed by atoms with van der Waals surface area (Å²) in [4.78, 5) is 15.2. The Kier molecular flexibility index (Phi) is 3.06. The zero-order chi connectivity index (χ0) is 12.4. The molecule has 0 radical (unpaired) electrons. The highest BCUT2D eigenvalue weighted by Crippen LogP contribution is 2.25. The largest absolute Gasteiger partial charge is 0.506 e. The van der Waals surface area contributed by atoms with Crippen LogP contribution >= 0.6 is 0 Å². The molecule has 2 aromatic rings. The van der Waals surface area contributed by atoms with Crippen molar-refractivity contribution in [3.8, 4) is 5.75 Å². The van der Waals surface area contributed by atoms with Crippen LogP contribution in [0.4, 0.5) is 0 Å². The van der Waals surface area contributed by atoms with E-state index in [1.54, 1.807) is 12.1 Å². The van der Waals surface area contributed by atoms with E-state index in [4.69, 9.17) is 5.73 Å². The first-order valence-corrected chi connectivity index (χ1v) is 5.44. The minimum Gasteiger partial charge on any atom is -0.506 e. The molecule has 4 nitrogen and oxygen atoms in total. The number of benzene rings is 1. The first-order chi connectivity index (χ1) is 8.11. The van der Waals surface area contributed by atoms with E-state index in [2.05, 4.69) is 4.98 Å². The predicted molar refractivity (Wildman–Crippen MR) is 66.1 cm³/mol. The maximum atomic E-state index is 10.9. The van der Waals surface area contributed by atoms with Crippen molar-refractivity contribution in [2.75, 3.05) is 0 Å². The molecule has 0 aliphatic heterocycles. The van der Waals surface area contributed by atoms with Gasteiger partial charge in [-0.05, 0) is 25.1 Å². The van der Waals surface area contributed by atoms with Crippen molar-refractivity contribution in [3.05, 3.63) is 35.5 Å². The van der Waals surface area contributed by atoms with Crippen molar-refractivity contribution in [1.29, 1.82) is 0 Å². The number of aldehydes is 1. The van der Waals surface area contributed by atoms with Gasteiger partial charge >= 0.3 is 0 Å². The third-order valence-electron chi connectivity index (χ3n) is 2.59. The molecule has 4 heteroatoms. The molecule has 0 amide bonds. The lowest BCUT2D eigenvalue weighted by molar-refractivity contribution is 0.112. The summed E-state index contributed by atoms with van der Waals surface area (Å²) in [6, 6.07) is 6.70. The van der Waals surface area contributed by atoms with E-state index in [1.165, 1.54) is 6.07 Å². The fraction of sp³-hybridized carbons (Fsp3) is 0.231. The van der Waals surface area contributed by atoms with Crippen LogP contribution in [0.5, 0.6) is 5.75 Å². The molecular weight excluding hydrogens is 216 g/mol. The Morgan fingerprint density at radius 2 is 2.18 bits per heavy atom. The molecule has 0 saturated carbocycles. The molecule has 0 bridgehead atoms. The zero-order valence-corrected chi connectivity index (χ0v) is 9.55. The molecule has 0 spiro atoms. The molecule has 0 aliphatic carbocycles. The van der Waals surface area contributed by atoms with E-state index in [0.29, 0.717) is 22.9 Å². The summed E-state index contributed by atoms with van der Waals surface area (Å²) in [5.74, 6) is 0.0807. The standard InChI is InChI=1S/C13H14N2O2/c1-8(14)6-10-3-4-11-9(7-16)2-5-12(17)13(11)15-10/h2-5,7-8,17H,6,14H2,1H3/t8-/m1/s1. The molecule has 88 valence electrons. The van der Waals surface area contributed by atoms with Crippen LogP contribution in [-0.2, 0) is 6.42 Å². The van der Waals surface area contributed by atoms with Gasteiger partial charge in [0.2, 0.25) is 0 Å². The Balaban J connectivity index is 2.60. The molecule has 0 fully saturated rings. The van der Waals surface area contributed by atoms with Gasteiger partial charge in [-0.15, -0.1) is 0 Å². The lowest BCUT2D eigenvalue weighted by Gasteiger charge is -2.07. The third-order valence-corrected chi connectivity index (χ3v) is 2.59. The predicted octanol–water partition coefficient (Wildman–Crippen LogP) is 1.64. The van der Waals surface area contributed by atoms with Gasteiger partial charge in [-0.1, -0.05) is 6.07 Å². The highest BCUT2D eigenvalue weighted by atomic mass is 16.3. The van der Waals surface area contributed by atoms with Gasteiger partial charge in [-0.25, -0.2) is 4.98 Å². The minimum atomic E-state index is 0.0105. The molecule has 0 saturated heterocycles. The maximum absolute atomic E-state index is 10.9. The second kappa shape index (κ2) is 4.51. The summed E-state index contributed by atoms with van der Waals surface area (Å²) in [5, 5.41) is 10.4. The van der Waals surface area contributed by atoms with E-state index in [9.17, 15) is 9.90 Å². The molecule has 1 heterocycles. The lowest BCUT2D eigenvalue weighted by Crippen LogP contribution is -2.18. The van der Waals surface area contributed by atoms with Crippen LogP contribution in [0, 0.1) is 0 Å². The van der Waals surface area contributed by atoms with Gasteiger partial charge in [0.15, 0.2) is 6.29 Å². The fourth-order valence-electron chi connectivity index (χ4n) is 1.81. The number of phenolic OH excluding ortho intramolecular Hbond substituents is 1. The molecule has 1 aromatic carbocycles. The van der Waals surface area contributed by atoms with E-state index >= 15 is 0 Å². The van der Waals surface area contributed by atoms with E-state index in [1.807, 2.05) is 13.0 Å². The molecule has 2 rings (SSSR count). The van der Waals surface area contributed by atoms with Gasteiger partial charge < -0.3 is 10.8 Å². The van der Waals surface area contributed by atoms with Crippen LogP contribution < -0.4 is 5.73 Å².